The van der Waals surface area contributed by atoms with Gasteiger partial charge >= 0.3 is 0 Å². The lowest BCUT2D eigenvalue weighted by Crippen LogP contribution is -2.46. The number of fused-ring (bicyclic) bond motifs is 1. The second kappa shape index (κ2) is 4.67. The number of nitrogens with two attached hydrogens (primary N) is 1. The molecule has 1 fully saturated rings. The number of hydrogen-bond donors (Lipinski definition) is 1. The molecule has 3 nitrogen and oxygen atoms in total. The van der Waals surface area contributed by atoms with Crippen molar-refractivity contribution >= 4 is 16.3 Å². The van der Waals surface area contributed by atoms with E-state index in [9.17, 15) is 0 Å². The van der Waals surface area contributed by atoms with Crippen LogP contribution in [0.4, 0.5) is 0 Å². The standard InChI is InChI=1S/C14H21N3S/c1-2-11-4-3-5-14(15,8-11)9-12-10-17-6-7-18-13(17)16-12/h6-7,10-11H,2-5,8-9,15H2,1H3. The number of rotatable bonds is 3. The van der Waals surface area contributed by atoms with Gasteiger partial charge in [0.2, 0.25) is 0 Å². The van der Waals surface area contributed by atoms with Crippen LogP contribution in [-0.2, 0) is 6.42 Å². The van der Waals surface area contributed by atoms with Crippen LogP contribution in [0.2, 0.25) is 0 Å². The van der Waals surface area contributed by atoms with Gasteiger partial charge in [-0.3, -0.25) is 4.40 Å². The summed E-state index contributed by atoms with van der Waals surface area (Å²) in [7, 11) is 0. The first-order valence-corrected chi connectivity index (χ1v) is 7.76. The first-order chi connectivity index (χ1) is 8.68. The van der Waals surface area contributed by atoms with Crippen molar-refractivity contribution in [3.63, 3.8) is 0 Å². The predicted molar refractivity (Wildman–Crippen MR) is 75.9 cm³/mol. The average Bonchev–Trinajstić information content (AvgIpc) is 2.89. The zero-order valence-corrected chi connectivity index (χ0v) is 11.7. The zero-order valence-electron chi connectivity index (χ0n) is 10.9. The van der Waals surface area contributed by atoms with Gasteiger partial charge in [-0.25, -0.2) is 4.98 Å². The van der Waals surface area contributed by atoms with Crippen LogP contribution in [0.25, 0.3) is 4.96 Å². The monoisotopic (exact) mass is 263 g/mol. The van der Waals surface area contributed by atoms with Gasteiger partial charge in [-0.1, -0.05) is 26.2 Å². The summed E-state index contributed by atoms with van der Waals surface area (Å²) in [5.41, 5.74) is 7.73. The molecule has 1 aliphatic carbocycles. The Hall–Kier alpha value is -0.870. The molecule has 1 saturated carbocycles. The number of thiazole rings is 1. The smallest absolute Gasteiger partial charge is 0.193 e. The van der Waals surface area contributed by atoms with E-state index in [1.54, 1.807) is 11.3 Å². The third-order valence-electron chi connectivity index (χ3n) is 4.24. The van der Waals surface area contributed by atoms with Crippen LogP contribution < -0.4 is 5.73 Å². The quantitative estimate of drug-likeness (QED) is 0.924. The van der Waals surface area contributed by atoms with Gasteiger partial charge in [-0.05, 0) is 18.8 Å². The second-order valence-electron chi connectivity index (χ2n) is 5.73. The number of nitrogens with zero attached hydrogens (tertiary/aromatic N) is 2. The minimum absolute atomic E-state index is 0.0248. The molecule has 4 heteroatoms. The van der Waals surface area contributed by atoms with E-state index in [0.717, 1.165) is 35.8 Å². The molecular weight excluding hydrogens is 242 g/mol. The van der Waals surface area contributed by atoms with Gasteiger partial charge in [0.05, 0.1) is 5.69 Å². The maximum atomic E-state index is 6.60. The molecule has 0 saturated heterocycles. The molecule has 0 aromatic carbocycles. The Kier molecular flexibility index (Phi) is 3.16. The summed E-state index contributed by atoms with van der Waals surface area (Å²) < 4.78 is 2.10. The SMILES string of the molecule is CCC1CCCC(N)(Cc2cn3ccsc3n2)C1. The van der Waals surface area contributed by atoms with E-state index in [-0.39, 0.29) is 5.54 Å². The lowest BCUT2D eigenvalue weighted by molar-refractivity contribution is 0.217. The molecule has 2 atom stereocenters. The lowest BCUT2D eigenvalue weighted by Gasteiger charge is -2.37. The van der Waals surface area contributed by atoms with E-state index in [0.29, 0.717) is 0 Å². The highest BCUT2D eigenvalue weighted by Gasteiger charge is 2.32. The molecule has 2 heterocycles. The summed E-state index contributed by atoms with van der Waals surface area (Å²) in [4.78, 5) is 5.74. The van der Waals surface area contributed by atoms with Crippen molar-refractivity contribution in [1.82, 2.24) is 9.38 Å². The third-order valence-corrected chi connectivity index (χ3v) is 5.01. The van der Waals surface area contributed by atoms with Gasteiger partial charge in [0.25, 0.3) is 0 Å². The third kappa shape index (κ3) is 2.31. The van der Waals surface area contributed by atoms with E-state index in [2.05, 4.69) is 34.1 Å². The Bertz CT molecular complexity index is 501. The average molecular weight is 263 g/mol. The van der Waals surface area contributed by atoms with Crippen LogP contribution in [0.3, 0.4) is 0 Å². The molecule has 0 radical (unpaired) electrons. The van der Waals surface area contributed by atoms with Crippen LogP contribution in [0.15, 0.2) is 17.8 Å². The Balaban J connectivity index is 1.76. The molecule has 18 heavy (non-hydrogen) atoms. The summed E-state index contributed by atoms with van der Waals surface area (Å²) in [6, 6.07) is 0. The fraction of sp³-hybridized carbons (Fsp3) is 0.643. The summed E-state index contributed by atoms with van der Waals surface area (Å²) in [5.74, 6) is 0.812. The first kappa shape index (κ1) is 12.2. The molecule has 0 aliphatic heterocycles. The van der Waals surface area contributed by atoms with Crippen LogP contribution >= 0.6 is 11.3 Å². The van der Waals surface area contributed by atoms with Crippen LogP contribution in [0, 0.1) is 5.92 Å². The molecule has 2 aromatic rings. The van der Waals surface area contributed by atoms with Crippen molar-refractivity contribution in [3.8, 4) is 0 Å². The number of hydrogen-bond acceptors (Lipinski definition) is 3. The normalized spacial score (nSPS) is 28.9. The molecule has 2 unspecified atom stereocenters. The van der Waals surface area contributed by atoms with Crippen molar-refractivity contribution in [1.29, 1.82) is 0 Å². The van der Waals surface area contributed by atoms with Gasteiger partial charge in [-0.2, -0.15) is 0 Å². The van der Waals surface area contributed by atoms with Crippen molar-refractivity contribution < 1.29 is 0 Å². The Morgan fingerprint density at radius 2 is 2.50 bits per heavy atom. The van der Waals surface area contributed by atoms with Crippen LogP contribution in [0.5, 0.6) is 0 Å². The highest BCUT2D eigenvalue weighted by Crippen LogP contribution is 2.34. The topological polar surface area (TPSA) is 43.3 Å². The molecule has 98 valence electrons. The van der Waals surface area contributed by atoms with Crippen molar-refractivity contribution in [2.24, 2.45) is 11.7 Å². The Labute approximate surface area is 112 Å². The maximum absolute atomic E-state index is 6.60. The molecular formula is C14H21N3S. The van der Waals surface area contributed by atoms with Gasteiger partial charge in [0, 0.05) is 29.7 Å². The zero-order chi connectivity index (χ0) is 12.6. The molecule has 0 bridgehead atoms. The fourth-order valence-corrected chi connectivity index (χ4v) is 3.97. The molecule has 0 spiro atoms. The molecule has 1 aliphatic rings. The van der Waals surface area contributed by atoms with Crippen LogP contribution in [0.1, 0.15) is 44.7 Å². The Morgan fingerprint density at radius 3 is 3.28 bits per heavy atom. The van der Waals surface area contributed by atoms with E-state index >= 15 is 0 Å². The fourth-order valence-electron chi connectivity index (χ4n) is 3.25. The highest BCUT2D eigenvalue weighted by molar-refractivity contribution is 7.15. The van der Waals surface area contributed by atoms with Gasteiger partial charge in [0.15, 0.2) is 4.96 Å². The van der Waals surface area contributed by atoms with E-state index in [1.165, 1.54) is 19.3 Å². The van der Waals surface area contributed by atoms with E-state index in [4.69, 9.17) is 5.73 Å². The largest absolute Gasteiger partial charge is 0.325 e. The van der Waals surface area contributed by atoms with Gasteiger partial charge < -0.3 is 5.73 Å². The molecule has 2 aromatic heterocycles. The highest BCUT2D eigenvalue weighted by atomic mass is 32.1. The molecule has 3 rings (SSSR count). The maximum Gasteiger partial charge on any atom is 0.193 e. The summed E-state index contributed by atoms with van der Waals surface area (Å²) >= 11 is 1.69. The van der Waals surface area contributed by atoms with Gasteiger partial charge in [-0.15, -0.1) is 11.3 Å². The second-order valence-corrected chi connectivity index (χ2v) is 6.61. The van der Waals surface area contributed by atoms with E-state index in [1.807, 2.05) is 0 Å². The lowest BCUT2D eigenvalue weighted by atomic mass is 9.73. The van der Waals surface area contributed by atoms with Crippen LogP contribution in [-0.4, -0.2) is 14.9 Å². The first-order valence-electron chi connectivity index (χ1n) is 6.88. The van der Waals surface area contributed by atoms with Gasteiger partial charge in [0.1, 0.15) is 0 Å². The minimum atomic E-state index is -0.0248. The summed E-state index contributed by atoms with van der Waals surface area (Å²) in [6.45, 7) is 2.28. The predicted octanol–water partition coefficient (Wildman–Crippen LogP) is 3.24. The number of imidazole rings is 1. The molecule has 0 amide bonds. The van der Waals surface area contributed by atoms with Crippen molar-refractivity contribution in [2.45, 2.75) is 51.0 Å². The van der Waals surface area contributed by atoms with Crippen molar-refractivity contribution in [3.05, 3.63) is 23.5 Å². The Morgan fingerprint density at radius 1 is 1.61 bits per heavy atom. The summed E-state index contributed by atoms with van der Waals surface area (Å²) in [6.07, 6.45) is 11.3. The minimum Gasteiger partial charge on any atom is -0.325 e. The molecule has 2 N–H and O–H groups in total. The van der Waals surface area contributed by atoms with Crippen molar-refractivity contribution in [2.75, 3.05) is 0 Å². The number of aromatic nitrogens is 2. The summed E-state index contributed by atoms with van der Waals surface area (Å²) in [5, 5.41) is 2.07. The van der Waals surface area contributed by atoms with E-state index < -0.39 is 0 Å².